The van der Waals surface area contributed by atoms with Crippen LogP contribution < -0.4 is 0 Å². The Labute approximate surface area is 138 Å². The summed E-state index contributed by atoms with van der Waals surface area (Å²) in [5.74, 6) is 0.168. The summed E-state index contributed by atoms with van der Waals surface area (Å²) in [6.07, 6.45) is -3.17. The number of alkyl halides is 3. The lowest BCUT2D eigenvalue weighted by molar-refractivity contribution is -0.142. The lowest BCUT2D eigenvalue weighted by Crippen LogP contribution is -2.17. The van der Waals surface area contributed by atoms with Gasteiger partial charge < -0.3 is 4.74 Å². The summed E-state index contributed by atoms with van der Waals surface area (Å²) in [5, 5.41) is 3.99. The molecule has 0 spiro atoms. The highest BCUT2D eigenvalue weighted by Gasteiger charge is 2.38. The Morgan fingerprint density at radius 3 is 2.57 bits per heavy atom. The van der Waals surface area contributed by atoms with Crippen LogP contribution in [0, 0.1) is 0 Å². The lowest BCUT2D eigenvalue weighted by Gasteiger charge is -2.09. The lowest BCUT2D eigenvalue weighted by atomic mass is 10.1. The van der Waals surface area contributed by atoms with Crippen LogP contribution in [0.15, 0.2) is 33.9 Å². The van der Waals surface area contributed by atoms with Gasteiger partial charge in [-0.25, -0.2) is 14.7 Å². The number of hydrogen-bond donors (Lipinski definition) is 0. The molecule has 3 heterocycles. The molecule has 9 heteroatoms. The third-order valence-electron chi connectivity index (χ3n) is 3.11. The second-order valence-electron chi connectivity index (χ2n) is 5.68. The van der Waals surface area contributed by atoms with Crippen molar-refractivity contribution in [3.63, 3.8) is 0 Å². The molecule has 0 bridgehead atoms. The van der Waals surface area contributed by atoms with Crippen molar-refractivity contribution in [3.8, 4) is 5.82 Å². The maximum atomic E-state index is 13.3. The van der Waals surface area contributed by atoms with E-state index in [4.69, 9.17) is 4.74 Å². The number of hydrogen-bond acceptors (Lipinski definition) is 4. The van der Waals surface area contributed by atoms with E-state index in [1.165, 1.54) is 12.3 Å². The monoisotopic (exact) mass is 388 g/mol. The van der Waals surface area contributed by atoms with E-state index in [2.05, 4.69) is 31.0 Å². The van der Waals surface area contributed by atoms with Gasteiger partial charge in [0.2, 0.25) is 5.90 Å². The number of pyridine rings is 1. The first-order chi connectivity index (χ1) is 10.7. The van der Waals surface area contributed by atoms with Crippen LogP contribution in [0.4, 0.5) is 13.2 Å². The summed E-state index contributed by atoms with van der Waals surface area (Å²) >= 11 is 3.19. The van der Waals surface area contributed by atoms with Crippen LogP contribution in [0.3, 0.4) is 0 Å². The molecule has 0 aromatic carbocycles. The summed E-state index contributed by atoms with van der Waals surface area (Å²) in [4.78, 5) is 8.22. The van der Waals surface area contributed by atoms with Crippen molar-refractivity contribution in [2.45, 2.75) is 25.6 Å². The molecule has 122 valence electrons. The molecule has 0 unspecified atom stereocenters. The highest BCUT2D eigenvalue weighted by Crippen LogP contribution is 2.32. The summed E-state index contributed by atoms with van der Waals surface area (Å²) < 4.78 is 46.6. The molecule has 0 aliphatic carbocycles. The van der Waals surface area contributed by atoms with Crippen molar-refractivity contribution in [2.75, 3.05) is 6.61 Å². The number of rotatable bonds is 2. The van der Waals surface area contributed by atoms with Crippen molar-refractivity contribution < 1.29 is 17.9 Å². The van der Waals surface area contributed by atoms with Crippen molar-refractivity contribution >= 4 is 21.8 Å². The second-order valence-corrected chi connectivity index (χ2v) is 6.59. The second kappa shape index (κ2) is 5.33. The van der Waals surface area contributed by atoms with E-state index >= 15 is 0 Å². The van der Waals surface area contributed by atoms with Gasteiger partial charge in [-0.2, -0.15) is 18.3 Å². The summed E-state index contributed by atoms with van der Waals surface area (Å²) in [5.41, 5.74) is -1.38. The van der Waals surface area contributed by atoms with Gasteiger partial charge in [0, 0.05) is 16.7 Å². The Hall–Kier alpha value is -1.90. The molecule has 5 nitrogen and oxygen atoms in total. The van der Waals surface area contributed by atoms with Crippen molar-refractivity contribution in [2.24, 2.45) is 4.99 Å². The van der Waals surface area contributed by atoms with Crippen LogP contribution in [-0.4, -0.2) is 32.8 Å². The van der Waals surface area contributed by atoms with Crippen LogP contribution in [0.1, 0.15) is 25.2 Å². The van der Waals surface area contributed by atoms with Crippen LogP contribution >= 0.6 is 15.9 Å². The standard InChI is InChI=1S/C14H12BrF3N4O/c1-13(2)7-23-12(20-13)9-5-10(14(16,17)18)22(21-9)11-4-3-8(15)6-19-11/h3-6H,7H2,1-2H3. The molecule has 1 aliphatic rings. The van der Waals surface area contributed by atoms with Gasteiger partial charge in [0.1, 0.15) is 12.3 Å². The highest BCUT2D eigenvalue weighted by atomic mass is 79.9. The molecule has 0 fully saturated rings. The number of aromatic nitrogens is 3. The molecule has 1 aliphatic heterocycles. The van der Waals surface area contributed by atoms with Gasteiger partial charge in [0.15, 0.2) is 11.5 Å². The third kappa shape index (κ3) is 3.24. The highest BCUT2D eigenvalue weighted by molar-refractivity contribution is 9.10. The molecule has 23 heavy (non-hydrogen) atoms. The van der Waals surface area contributed by atoms with E-state index in [0.29, 0.717) is 11.1 Å². The van der Waals surface area contributed by atoms with E-state index in [-0.39, 0.29) is 17.4 Å². The van der Waals surface area contributed by atoms with Crippen LogP contribution in [0.2, 0.25) is 0 Å². The van der Waals surface area contributed by atoms with Gasteiger partial charge in [-0.15, -0.1) is 0 Å². The van der Waals surface area contributed by atoms with E-state index in [1.807, 2.05) is 13.8 Å². The molecule has 0 saturated heterocycles. The first kappa shape index (κ1) is 16.0. The zero-order valence-corrected chi connectivity index (χ0v) is 13.8. The van der Waals surface area contributed by atoms with Crippen molar-refractivity contribution in [3.05, 3.63) is 40.3 Å². The Kier molecular flexibility index (Phi) is 3.70. The number of aliphatic imine (C=N–C) groups is 1. The van der Waals surface area contributed by atoms with E-state index in [0.717, 1.165) is 10.7 Å². The first-order valence-electron chi connectivity index (χ1n) is 6.68. The van der Waals surface area contributed by atoms with E-state index in [9.17, 15) is 13.2 Å². The van der Waals surface area contributed by atoms with Gasteiger partial charge in [-0.05, 0) is 41.9 Å². The predicted octanol–water partition coefficient (Wildman–Crippen LogP) is 3.60. The molecule has 0 radical (unpaired) electrons. The minimum atomic E-state index is -4.57. The largest absolute Gasteiger partial charge is 0.474 e. The van der Waals surface area contributed by atoms with Crippen LogP contribution in [-0.2, 0) is 10.9 Å². The smallest absolute Gasteiger partial charge is 0.433 e. The molecule has 2 aromatic rings. The molecule has 0 atom stereocenters. The maximum Gasteiger partial charge on any atom is 0.433 e. The van der Waals surface area contributed by atoms with E-state index < -0.39 is 17.4 Å². The number of nitrogens with zero attached hydrogens (tertiary/aromatic N) is 4. The predicted molar refractivity (Wildman–Crippen MR) is 80.6 cm³/mol. The molecule has 2 aromatic heterocycles. The van der Waals surface area contributed by atoms with Gasteiger partial charge in [-0.3, -0.25) is 0 Å². The molecule has 0 N–H and O–H groups in total. The Morgan fingerprint density at radius 1 is 1.30 bits per heavy atom. The minimum Gasteiger partial charge on any atom is -0.474 e. The molecule has 0 amide bonds. The third-order valence-corrected chi connectivity index (χ3v) is 3.58. The van der Waals surface area contributed by atoms with E-state index in [1.54, 1.807) is 6.07 Å². The van der Waals surface area contributed by atoms with Crippen molar-refractivity contribution in [1.82, 2.24) is 14.8 Å². The summed E-state index contributed by atoms with van der Waals surface area (Å²) in [7, 11) is 0. The van der Waals surface area contributed by atoms with Crippen LogP contribution in [0.5, 0.6) is 0 Å². The molecule has 0 saturated carbocycles. The Bertz CT molecular complexity index is 765. The fraction of sp³-hybridized carbons (Fsp3) is 0.357. The summed E-state index contributed by atoms with van der Waals surface area (Å²) in [6.45, 7) is 3.96. The average Bonchev–Trinajstić information content (AvgIpc) is 3.02. The maximum absolute atomic E-state index is 13.3. The van der Waals surface area contributed by atoms with Gasteiger partial charge in [0.25, 0.3) is 0 Å². The average molecular weight is 389 g/mol. The minimum absolute atomic E-state index is 0.0348. The Morgan fingerprint density at radius 2 is 2.04 bits per heavy atom. The SMILES string of the molecule is CC1(C)COC(c2cc(C(F)(F)F)n(-c3ccc(Br)cn3)n2)=N1. The molecule has 3 rings (SSSR count). The number of ether oxygens (including phenoxy) is 1. The zero-order chi connectivity index (χ0) is 16.8. The topological polar surface area (TPSA) is 52.3 Å². The quantitative estimate of drug-likeness (QED) is 0.789. The zero-order valence-electron chi connectivity index (χ0n) is 12.2. The number of halogens is 4. The molecular formula is C14H12BrF3N4O. The van der Waals surface area contributed by atoms with Gasteiger partial charge in [-0.1, -0.05) is 0 Å². The fourth-order valence-corrected chi connectivity index (χ4v) is 2.31. The van der Waals surface area contributed by atoms with Gasteiger partial charge >= 0.3 is 6.18 Å². The van der Waals surface area contributed by atoms with Crippen molar-refractivity contribution in [1.29, 1.82) is 0 Å². The molecular weight excluding hydrogens is 377 g/mol. The van der Waals surface area contributed by atoms with Gasteiger partial charge in [0.05, 0.1) is 5.54 Å². The van der Waals surface area contributed by atoms with Crippen LogP contribution in [0.25, 0.3) is 5.82 Å². The first-order valence-corrected chi connectivity index (χ1v) is 7.47. The summed E-state index contributed by atoms with van der Waals surface area (Å²) in [6, 6.07) is 3.96. The Balaban J connectivity index is 2.10. The fourth-order valence-electron chi connectivity index (χ4n) is 2.07. The normalized spacial score (nSPS) is 17.0.